The Labute approximate surface area is 154 Å². The fraction of sp³-hybridized carbons (Fsp3) is 0.421. The van der Waals surface area contributed by atoms with Crippen LogP contribution in [-0.4, -0.2) is 24.2 Å². The van der Waals surface area contributed by atoms with Crippen LogP contribution in [0.4, 0.5) is 13.2 Å². The van der Waals surface area contributed by atoms with Gasteiger partial charge in [0.25, 0.3) is 0 Å². The first kappa shape index (κ1) is 18.1. The van der Waals surface area contributed by atoms with Gasteiger partial charge in [0.05, 0.1) is 11.7 Å². The summed E-state index contributed by atoms with van der Waals surface area (Å²) in [6.45, 7) is 1.45. The van der Waals surface area contributed by atoms with Gasteiger partial charge in [0.2, 0.25) is 0 Å². The van der Waals surface area contributed by atoms with Gasteiger partial charge < -0.3 is 4.74 Å². The molecule has 0 aliphatic carbocycles. The molecule has 0 radical (unpaired) electrons. The van der Waals surface area contributed by atoms with Crippen molar-refractivity contribution in [1.82, 2.24) is 10.3 Å². The highest BCUT2D eigenvalue weighted by atomic mass is 19.4. The zero-order chi connectivity index (χ0) is 18.9. The summed E-state index contributed by atoms with van der Waals surface area (Å²) in [4.78, 5) is 4.18. The van der Waals surface area contributed by atoms with Crippen molar-refractivity contribution in [2.24, 2.45) is 10.2 Å². The number of aromatic nitrogens is 1. The molecule has 4 rings (SSSR count). The maximum atomic E-state index is 12.8. The highest BCUT2D eigenvalue weighted by Crippen LogP contribution is 2.38. The molecule has 1 N–H and O–H groups in total. The Kier molecular flexibility index (Phi) is 4.92. The van der Waals surface area contributed by atoms with Crippen molar-refractivity contribution in [3.05, 3.63) is 65.0 Å². The van der Waals surface area contributed by atoms with Crippen molar-refractivity contribution in [3.8, 4) is 0 Å². The first-order valence-electron chi connectivity index (χ1n) is 8.88. The van der Waals surface area contributed by atoms with Gasteiger partial charge in [-0.2, -0.15) is 23.4 Å². The molecule has 3 heterocycles. The zero-order valence-corrected chi connectivity index (χ0v) is 14.5. The number of benzene rings is 1. The van der Waals surface area contributed by atoms with E-state index in [1.54, 1.807) is 12.4 Å². The highest BCUT2D eigenvalue weighted by molar-refractivity contribution is 5.39. The number of ether oxygens (including phenoxy) is 1. The second-order valence-electron chi connectivity index (χ2n) is 6.70. The van der Waals surface area contributed by atoms with E-state index in [0.717, 1.165) is 42.7 Å². The SMILES string of the molecule is FC(F)(F)c1ccc(C2N=NC(NCC3CCCO3)c3cnccc32)cc1. The van der Waals surface area contributed by atoms with E-state index in [1.807, 2.05) is 6.07 Å². The van der Waals surface area contributed by atoms with E-state index in [9.17, 15) is 13.2 Å². The number of fused-ring (bicyclic) bond motifs is 1. The summed E-state index contributed by atoms with van der Waals surface area (Å²) in [5.41, 5.74) is 1.77. The van der Waals surface area contributed by atoms with Crippen molar-refractivity contribution in [2.45, 2.75) is 37.3 Å². The summed E-state index contributed by atoms with van der Waals surface area (Å²) in [6, 6.07) is 6.47. The number of rotatable bonds is 4. The minimum absolute atomic E-state index is 0.174. The summed E-state index contributed by atoms with van der Waals surface area (Å²) in [6.07, 6.45) is 0.964. The molecular formula is C19H19F3N4O. The Balaban J connectivity index is 1.56. The molecule has 0 spiro atoms. The zero-order valence-electron chi connectivity index (χ0n) is 14.5. The molecule has 1 saturated heterocycles. The van der Waals surface area contributed by atoms with Crippen LogP contribution in [0.5, 0.6) is 0 Å². The van der Waals surface area contributed by atoms with E-state index in [-0.39, 0.29) is 12.3 Å². The van der Waals surface area contributed by atoms with Crippen LogP contribution in [0.15, 0.2) is 53.0 Å². The Hall–Kier alpha value is -2.32. The number of nitrogens with zero attached hydrogens (tertiary/aromatic N) is 3. The van der Waals surface area contributed by atoms with Crippen LogP contribution in [0.2, 0.25) is 0 Å². The summed E-state index contributed by atoms with van der Waals surface area (Å²) in [7, 11) is 0. The van der Waals surface area contributed by atoms with Crippen LogP contribution in [-0.2, 0) is 10.9 Å². The fourth-order valence-electron chi connectivity index (χ4n) is 3.45. The number of pyridine rings is 1. The summed E-state index contributed by atoms with van der Waals surface area (Å²) in [5.74, 6) is 0. The number of azo groups is 1. The molecule has 8 heteroatoms. The molecule has 1 aromatic heterocycles. The second kappa shape index (κ2) is 7.36. The normalized spacial score (nSPS) is 24.8. The predicted molar refractivity (Wildman–Crippen MR) is 92.1 cm³/mol. The first-order chi connectivity index (χ1) is 13.0. The van der Waals surface area contributed by atoms with Crippen molar-refractivity contribution in [1.29, 1.82) is 0 Å². The summed E-state index contributed by atoms with van der Waals surface area (Å²) < 4.78 is 44.0. The third kappa shape index (κ3) is 3.86. The molecule has 0 amide bonds. The minimum Gasteiger partial charge on any atom is -0.377 e. The van der Waals surface area contributed by atoms with E-state index >= 15 is 0 Å². The van der Waals surface area contributed by atoms with Crippen molar-refractivity contribution < 1.29 is 17.9 Å². The molecule has 5 nitrogen and oxygen atoms in total. The number of hydrogen-bond donors (Lipinski definition) is 1. The third-order valence-corrected chi connectivity index (χ3v) is 4.89. The molecule has 2 aliphatic rings. The van der Waals surface area contributed by atoms with Crippen LogP contribution in [0.1, 0.15) is 47.3 Å². The monoisotopic (exact) mass is 376 g/mol. The number of alkyl halides is 3. The molecule has 27 heavy (non-hydrogen) atoms. The summed E-state index contributed by atoms with van der Waals surface area (Å²) in [5, 5.41) is 12.1. The lowest BCUT2D eigenvalue weighted by Gasteiger charge is -2.26. The molecule has 1 fully saturated rings. The first-order valence-corrected chi connectivity index (χ1v) is 8.88. The molecule has 3 atom stereocenters. The van der Waals surface area contributed by atoms with Gasteiger partial charge in [0.15, 0.2) is 0 Å². The van der Waals surface area contributed by atoms with Gasteiger partial charge in [-0.3, -0.25) is 10.3 Å². The van der Waals surface area contributed by atoms with Crippen LogP contribution in [0, 0.1) is 0 Å². The Morgan fingerprint density at radius 2 is 1.89 bits per heavy atom. The van der Waals surface area contributed by atoms with Crippen molar-refractivity contribution in [2.75, 3.05) is 13.2 Å². The maximum Gasteiger partial charge on any atom is 0.416 e. The van der Waals surface area contributed by atoms with E-state index in [2.05, 4.69) is 20.5 Å². The number of halogens is 3. The van der Waals surface area contributed by atoms with Gasteiger partial charge >= 0.3 is 6.18 Å². The Morgan fingerprint density at radius 3 is 2.59 bits per heavy atom. The number of hydrogen-bond acceptors (Lipinski definition) is 5. The lowest BCUT2D eigenvalue weighted by Crippen LogP contribution is -2.31. The predicted octanol–water partition coefficient (Wildman–Crippen LogP) is 4.42. The quantitative estimate of drug-likeness (QED) is 0.859. The van der Waals surface area contributed by atoms with Crippen LogP contribution in [0.25, 0.3) is 0 Å². The van der Waals surface area contributed by atoms with Crippen LogP contribution >= 0.6 is 0 Å². The van der Waals surface area contributed by atoms with E-state index < -0.39 is 17.8 Å². The molecule has 2 aromatic rings. The van der Waals surface area contributed by atoms with Gasteiger partial charge in [0, 0.05) is 31.1 Å². The molecule has 0 saturated carbocycles. The standard InChI is InChI=1S/C19H19F3N4O/c20-19(21,22)13-5-3-12(4-6-13)17-15-7-8-23-11-16(15)18(26-25-17)24-10-14-2-1-9-27-14/h3-8,11,14,17-18,24H,1-2,9-10H2. The molecule has 2 aliphatic heterocycles. The van der Waals surface area contributed by atoms with Crippen LogP contribution < -0.4 is 5.32 Å². The van der Waals surface area contributed by atoms with Crippen molar-refractivity contribution in [3.63, 3.8) is 0 Å². The molecular weight excluding hydrogens is 357 g/mol. The molecule has 142 valence electrons. The Morgan fingerprint density at radius 1 is 1.07 bits per heavy atom. The molecule has 1 aromatic carbocycles. The lowest BCUT2D eigenvalue weighted by molar-refractivity contribution is -0.137. The molecule has 3 unspecified atom stereocenters. The summed E-state index contributed by atoms with van der Waals surface area (Å²) >= 11 is 0. The van der Waals surface area contributed by atoms with Gasteiger partial charge in [-0.05, 0) is 42.2 Å². The van der Waals surface area contributed by atoms with Gasteiger partial charge in [-0.1, -0.05) is 12.1 Å². The minimum atomic E-state index is -4.36. The van der Waals surface area contributed by atoms with E-state index in [1.165, 1.54) is 12.1 Å². The smallest absolute Gasteiger partial charge is 0.377 e. The average molecular weight is 376 g/mol. The topological polar surface area (TPSA) is 58.9 Å². The van der Waals surface area contributed by atoms with Crippen molar-refractivity contribution >= 4 is 0 Å². The second-order valence-corrected chi connectivity index (χ2v) is 6.70. The van der Waals surface area contributed by atoms with Gasteiger partial charge in [0.1, 0.15) is 12.2 Å². The van der Waals surface area contributed by atoms with Crippen LogP contribution in [0.3, 0.4) is 0 Å². The third-order valence-electron chi connectivity index (χ3n) is 4.89. The molecule has 0 bridgehead atoms. The van der Waals surface area contributed by atoms with E-state index in [4.69, 9.17) is 4.74 Å². The maximum absolute atomic E-state index is 12.8. The van der Waals surface area contributed by atoms with Gasteiger partial charge in [-0.25, -0.2) is 0 Å². The Bertz CT molecular complexity index is 816. The average Bonchev–Trinajstić information content (AvgIpc) is 3.19. The number of nitrogens with one attached hydrogen (secondary N) is 1. The van der Waals surface area contributed by atoms with E-state index in [0.29, 0.717) is 12.1 Å². The fourth-order valence-corrected chi connectivity index (χ4v) is 3.45. The largest absolute Gasteiger partial charge is 0.416 e. The lowest BCUT2D eigenvalue weighted by atomic mass is 9.93. The highest BCUT2D eigenvalue weighted by Gasteiger charge is 2.31. The van der Waals surface area contributed by atoms with Gasteiger partial charge in [-0.15, -0.1) is 0 Å².